The Balaban J connectivity index is 1.54. The number of hydrazone groups is 1. The van der Waals surface area contributed by atoms with Gasteiger partial charge in [0.15, 0.2) is 0 Å². The van der Waals surface area contributed by atoms with E-state index in [0.29, 0.717) is 18.4 Å². The number of piperidine rings is 1. The van der Waals surface area contributed by atoms with Gasteiger partial charge < -0.3 is 0 Å². The lowest BCUT2D eigenvalue weighted by molar-refractivity contribution is -0.384. The molecule has 30 heavy (non-hydrogen) atoms. The van der Waals surface area contributed by atoms with Crippen molar-refractivity contribution >= 4 is 27.8 Å². The fourth-order valence-electron chi connectivity index (χ4n) is 3.20. The van der Waals surface area contributed by atoms with Crippen LogP contribution in [0.15, 0.2) is 58.5 Å². The molecule has 3 rings (SSSR count). The van der Waals surface area contributed by atoms with E-state index in [0.717, 1.165) is 5.56 Å². The van der Waals surface area contributed by atoms with Crippen molar-refractivity contribution in [3.05, 3.63) is 69.8 Å². The van der Waals surface area contributed by atoms with Crippen molar-refractivity contribution in [1.82, 2.24) is 9.73 Å². The number of hydrogen-bond donors (Lipinski definition) is 1. The first-order valence-corrected chi connectivity index (χ1v) is 10.9. The van der Waals surface area contributed by atoms with Gasteiger partial charge >= 0.3 is 0 Å². The molecule has 0 aliphatic carbocycles. The van der Waals surface area contributed by atoms with Gasteiger partial charge in [-0.3, -0.25) is 14.9 Å². The van der Waals surface area contributed by atoms with Crippen LogP contribution in [0.25, 0.3) is 0 Å². The maximum atomic E-state index is 12.7. The third kappa shape index (κ3) is 5.08. The number of nitro groups is 1. The molecule has 0 aromatic heterocycles. The number of benzene rings is 2. The topological polar surface area (TPSA) is 122 Å². The summed E-state index contributed by atoms with van der Waals surface area (Å²) in [6.45, 7) is 2.40. The highest BCUT2D eigenvalue weighted by Crippen LogP contribution is 2.24. The second-order valence-corrected chi connectivity index (χ2v) is 9.02. The van der Waals surface area contributed by atoms with Crippen LogP contribution in [0.1, 0.15) is 24.0 Å². The fourth-order valence-corrected chi connectivity index (χ4v) is 4.67. The summed E-state index contributed by atoms with van der Waals surface area (Å²) in [7, 11) is -3.58. The Kier molecular flexibility index (Phi) is 6.58. The number of sulfonamides is 1. The minimum Gasteiger partial charge on any atom is -0.273 e. The zero-order valence-electron chi connectivity index (χ0n) is 16.4. The molecule has 2 aromatic carbocycles. The van der Waals surface area contributed by atoms with Crippen LogP contribution in [0.4, 0.5) is 5.69 Å². The zero-order chi connectivity index (χ0) is 21.7. The second kappa shape index (κ2) is 9.14. The molecule has 10 heteroatoms. The molecule has 0 radical (unpaired) electrons. The van der Waals surface area contributed by atoms with Crippen LogP contribution in [0.2, 0.25) is 0 Å². The van der Waals surface area contributed by atoms with Gasteiger partial charge in [-0.05, 0) is 31.9 Å². The summed E-state index contributed by atoms with van der Waals surface area (Å²) in [5, 5.41) is 14.7. The Morgan fingerprint density at radius 2 is 1.87 bits per heavy atom. The highest BCUT2D eigenvalue weighted by molar-refractivity contribution is 7.89. The molecule has 158 valence electrons. The summed E-state index contributed by atoms with van der Waals surface area (Å²) in [4.78, 5) is 22.9. The smallest absolute Gasteiger partial charge is 0.270 e. The average Bonchev–Trinajstić information content (AvgIpc) is 2.74. The van der Waals surface area contributed by atoms with Crippen LogP contribution >= 0.6 is 0 Å². The van der Waals surface area contributed by atoms with Gasteiger partial charge in [-0.2, -0.15) is 9.41 Å². The van der Waals surface area contributed by atoms with Crippen LogP contribution in [-0.4, -0.2) is 42.9 Å². The molecule has 1 saturated heterocycles. The van der Waals surface area contributed by atoms with Gasteiger partial charge in [0.2, 0.25) is 15.9 Å². The maximum absolute atomic E-state index is 12.7. The van der Waals surface area contributed by atoms with Crippen molar-refractivity contribution in [3.8, 4) is 0 Å². The Hall–Kier alpha value is -3.11. The Morgan fingerprint density at radius 3 is 2.50 bits per heavy atom. The van der Waals surface area contributed by atoms with Crippen LogP contribution < -0.4 is 5.43 Å². The number of rotatable bonds is 6. The molecular formula is C20H22N4O5S. The van der Waals surface area contributed by atoms with E-state index < -0.39 is 14.9 Å². The van der Waals surface area contributed by atoms with Crippen molar-refractivity contribution in [2.24, 2.45) is 11.0 Å². The van der Waals surface area contributed by atoms with Gasteiger partial charge in [0.05, 0.1) is 16.0 Å². The highest BCUT2D eigenvalue weighted by atomic mass is 32.2. The molecule has 1 amide bonds. The molecule has 9 nitrogen and oxygen atoms in total. The van der Waals surface area contributed by atoms with Crippen molar-refractivity contribution in [2.75, 3.05) is 13.1 Å². The Bertz CT molecular complexity index is 1060. The minimum absolute atomic E-state index is 0.0626. The first-order valence-electron chi connectivity index (χ1n) is 9.41. The SMILES string of the molecule is Cc1ccc(S(=O)(=O)N2CCC(C(=O)N/N=C\c3cccc([N+](=O)[O-])c3)CC2)cc1. The van der Waals surface area contributed by atoms with Crippen LogP contribution in [0.5, 0.6) is 0 Å². The summed E-state index contributed by atoms with van der Waals surface area (Å²) in [5.41, 5.74) is 3.84. The molecule has 0 saturated carbocycles. The van der Waals surface area contributed by atoms with Crippen LogP contribution in [0.3, 0.4) is 0 Å². The summed E-state index contributed by atoms with van der Waals surface area (Å²) in [6, 6.07) is 12.6. The molecule has 1 heterocycles. The summed E-state index contributed by atoms with van der Waals surface area (Å²) in [6.07, 6.45) is 2.12. The first kappa shape index (κ1) is 21.6. The fraction of sp³-hybridized carbons (Fsp3) is 0.300. The van der Waals surface area contributed by atoms with Gasteiger partial charge in [0.1, 0.15) is 0 Å². The lowest BCUT2D eigenvalue weighted by atomic mass is 9.98. The number of aryl methyl sites for hydroxylation is 1. The molecule has 0 bridgehead atoms. The third-order valence-electron chi connectivity index (χ3n) is 4.95. The van der Waals surface area contributed by atoms with Crippen molar-refractivity contribution in [2.45, 2.75) is 24.7 Å². The lowest BCUT2D eigenvalue weighted by Crippen LogP contribution is -2.42. The van der Waals surface area contributed by atoms with E-state index in [1.165, 1.54) is 28.7 Å². The number of carbonyl (C=O) groups excluding carboxylic acids is 1. The average molecular weight is 430 g/mol. The predicted molar refractivity (Wildman–Crippen MR) is 111 cm³/mol. The summed E-state index contributed by atoms with van der Waals surface area (Å²) >= 11 is 0. The minimum atomic E-state index is -3.58. The molecule has 0 atom stereocenters. The highest BCUT2D eigenvalue weighted by Gasteiger charge is 2.32. The van der Waals surface area contributed by atoms with E-state index in [1.54, 1.807) is 30.3 Å². The number of carbonyl (C=O) groups is 1. The molecule has 1 N–H and O–H groups in total. The van der Waals surface area contributed by atoms with Crippen molar-refractivity contribution in [3.63, 3.8) is 0 Å². The van der Waals surface area contributed by atoms with Gasteiger partial charge in [-0.15, -0.1) is 0 Å². The van der Waals surface area contributed by atoms with E-state index in [9.17, 15) is 23.3 Å². The maximum Gasteiger partial charge on any atom is 0.270 e. The van der Waals surface area contributed by atoms with Gasteiger partial charge in [0.25, 0.3) is 5.69 Å². The largest absolute Gasteiger partial charge is 0.273 e. The molecule has 1 fully saturated rings. The van der Waals surface area contributed by atoms with E-state index in [1.807, 2.05) is 6.92 Å². The predicted octanol–water partition coefficient (Wildman–Crippen LogP) is 2.45. The molecule has 1 aliphatic heterocycles. The number of nitro benzene ring substituents is 1. The quantitative estimate of drug-likeness (QED) is 0.428. The molecular weight excluding hydrogens is 408 g/mol. The van der Waals surface area contributed by atoms with Crippen molar-refractivity contribution in [1.29, 1.82) is 0 Å². The standard InChI is InChI=1S/C20H22N4O5S/c1-15-5-7-19(8-6-15)30(28,29)23-11-9-17(10-12-23)20(25)22-21-14-16-3-2-4-18(13-16)24(26)27/h2-8,13-14,17H,9-12H2,1H3,(H,22,25)/b21-14-. The molecule has 2 aromatic rings. The number of hydrogen-bond acceptors (Lipinski definition) is 6. The van der Waals surface area contributed by atoms with E-state index in [-0.39, 0.29) is 35.5 Å². The second-order valence-electron chi connectivity index (χ2n) is 7.08. The Morgan fingerprint density at radius 1 is 1.20 bits per heavy atom. The van der Waals surface area contributed by atoms with Gasteiger partial charge in [0, 0.05) is 36.7 Å². The molecule has 0 spiro atoms. The van der Waals surface area contributed by atoms with Gasteiger partial charge in [-0.1, -0.05) is 29.8 Å². The number of amides is 1. The summed E-state index contributed by atoms with van der Waals surface area (Å²) in [5.74, 6) is -0.652. The monoisotopic (exact) mass is 430 g/mol. The van der Waals surface area contributed by atoms with E-state index in [4.69, 9.17) is 0 Å². The van der Waals surface area contributed by atoms with Crippen LogP contribution in [-0.2, 0) is 14.8 Å². The van der Waals surface area contributed by atoms with Crippen LogP contribution in [0, 0.1) is 23.0 Å². The zero-order valence-corrected chi connectivity index (χ0v) is 17.2. The third-order valence-corrected chi connectivity index (χ3v) is 6.87. The normalized spacial score (nSPS) is 15.9. The number of nitrogens with one attached hydrogen (secondary N) is 1. The number of non-ortho nitro benzene ring substituents is 1. The van der Waals surface area contributed by atoms with E-state index >= 15 is 0 Å². The van der Waals surface area contributed by atoms with Crippen molar-refractivity contribution < 1.29 is 18.1 Å². The van der Waals surface area contributed by atoms with Gasteiger partial charge in [-0.25, -0.2) is 13.8 Å². The first-order chi connectivity index (χ1) is 14.3. The Labute approximate surface area is 174 Å². The van der Waals surface area contributed by atoms with E-state index in [2.05, 4.69) is 10.5 Å². The molecule has 1 aliphatic rings. The lowest BCUT2D eigenvalue weighted by Gasteiger charge is -2.30. The number of nitrogens with zero attached hydrogens (tertiary/aromatic N) is 3. The summed E-state index contributed by atoms with van der Waals surface area (Å²) < 4.78 is 26.9. The molecule has 0 unspecified atom stereocenters.